The summed E-state index contributed by atoms with van der Waals surface area (Å²) in [5, 5.41) is 6.54. The molecule has 0 fully saturated rings. The highest BCUT2D eigenvalue weighted by Crippen LogP contribution is 2.29. The lowest BCUT2D eigenvalue weighted by Crippen LogP contribution is -2.14. The van der Waals surface area contributed by atoms with Gasteiger partial charge in [-0.1, -0.05) is 5.16 Å². The third-order valence-corrected chi connectivity index (χ3v) is 2.92. The molecule has 1 heterocycles. The number of rotatable bonds is 4. The number of amides is 1. The molecule has 0 bridgehead atoms. The van der Waals surface area contributed by atoms with Crippen molar-refractivity contribution in [1.82, 2.24) is 5.16 Å². The predicted molar refractivity (Wildman–Crippen MR) is 73.5 cm³/mol. The number of ether oxygens (including phenoxy) is 2. The minimum atomic E-state index is -0.287. The van der Waals surface area contributed by atoms with Crippen LogP contribution in [0.4, 0.5) is 5.69 Å². The number of hydrogen-bond donors (Lipinski definition) is 1. The molecule has 1 amide bonds. The summed E-state index contributed by atoms with van der Waals surface area (Å²) < 4.78 is 15.3. The Labute approximate surface area is 116 Å². The first kappa shape index (κ1) is 13.9. The van der Waals surface area contributed by atoms with Crippen molar-refractivity contribution in [2.24, 2.45) is 0 Å². The normalized spacial score (nSPS) is 10.2. The van der Waals surface area contributed by atoms with Gasteiger partial charge in [-0.25, -0.2) is 0 Å². The number of aryl methyl sites for hydroxylation is 2. The standard InChI is InChI=1S/C14H16N2O4/c1-8-13(9(2)20-16-8)14(17)15-11-6-5-10(18-3)7-12(11)19-4/h5-7H,1-4H3,(H,15,17). The third-order valence-electron chi connectivity index (χ3n) is 2.92. The Bertz CT molecular complexity index is 615. The lowest BCUT2D eigenvalue weighted by molar-refractivity contribution is 0.102. The molecule has 0 saturated carbocycles. The largest absolute Gasteiger partial charge is 0.497 e. The van der Waals surface area contributed by atoms with Crippen molar-refractivity contribution in [2.45, 2.75) is 13.8 Å². The summed E-state index contributed by atoms with van der Waals surface area (Å²) in [6, 6.07) is 5.15. The van der Waals surface area contributed by atoms with Crippen molar-refractivity contribution in [3.63, 3.8) is 0 Å². The van der Waals surface area contributed by atoms with Crippen LogP contribution in [0.1, 0.15) is 21.8 Å². The van der Waals surface area contributed by atoms with Crippen molar-refractivity contribution in [1.29, 1.82) is 0 Å². The highest BCUT2D eigenvalue weighted by atomic mass is 16.5. The van der Waals surface area contributed by atoms with Crippen molar-refractivity contribution < 1.29 is 18.8 Å². The van der Waals surface area contributed by atoms with Crippen LogP contribution in [0.3, 0.4) is 0 Å². The van der Waals surface area contributed by atoms with Crippen LogP contribution in [-0.4, -0.2) is 25.3 Å². The van der Waals surface area contributed by atoms with Gasteiger partial charge in [0.05, 0.1) is 25.6 Å². The molecular weight excluding hydrogens is 260 g/mol. The van der Waals surface area contributed by atoms with Gasteiger partial charge in [0.25, 0.3) is 5.91 Å². The molecule has 20 heavy (non-hydrogen) atoms. The van der Waals surface area contributed by atoms with Crippen LogP contribution in [0.25, 0.3) is 0 Å². The first-order valence-electron chi connectivity index (χ1n) is 6.03. The zero-order valence-corrected chi connectivity index (χ0v) is 11.8. The Kier molecular flexibility index (Phi) is 3.93. The summed E-state index contributed by atoms with van der Waals surface area (Å²) in [5.41, 5.74) is 1.54. The third kappa shape index (κ3) is 2.59. The monoisotopic (exact) mass is 276 g/mol. The summed E-state index contributed by atoms with van der Waals surface area (Å²) in [5.74, 6) is 1.36. The van der Waals surface area contributed by atoms with E-state index in [-0.39, 0.29) is 5.91 Å². The molecule has 0 aliphatic rings. The maximum Gasteiger partial charge on any atom is 0.261 e. The van der Waals surface area contributed by atoms with Crippen LogP contribution in [0, 0.1) is 13.8 Å². The number of benzene rings is 1. The molecule has 1 aromatic heterocycles. The predicted octanol–water partition coefficient (Wildman–Crippen LogP) is 2.56. The molecule has 6 nitrogen and oxygen atoms in total. The van der Waals surface area contributed by atoms with E-state index in [0.29, 0.717) is 34.2 Å². The topological polar surface area (TPSA) is 73.6 Å². The van der Waals surface area contributed by atoms with Gasteiger partial charge in [0.2, 0.25) is 0 Å². The van der Waals surface area contributed by atoms with E-state index in [4.69, 9.17) is 14.0 Å². The molecule has 0 unspecified atom stereocenters. The smallest absolute Gasteiger partial charge is 0.261 e. The Morgan fingerprint density at radius 3 is 2.55 bits per heavy atom. The molecule has 0 atom stereocenters. The maximum atomic E-state index is 12.2. The van der Waals surface area contributed by atoms with Crippen molar-refractivity contribution >= 4 is 11.6 Å². The summed E-state index contributed by atoms with van der Waals surface area (Å²) >= 11 is 0. The molecule has 0 aliphatic carbocycles. The number of carbonyl (C=O) groups is 1. The molecule has 0 saturated heterocycles. The minimum absolute atomic E-state index is 0.287. The van der Waals surface area contributed by atoms with Gasteiger partial charge in [0.1, 0.15) is 22.8 Å². The SMILES string of the molecule is COc1ccc(NC(=O)c2c(C)noc2C)c(OC)c1. The lowest BCUT2D eigenvalue weighted by Gasteiger charge is -2.11. The Hall–Kier alpha value is -2.50. The summed E-state index contributed by atoms with van der Waals surface area (Å²) in [7, 11) is 3.09. The molecule has 0 aliphatic heterocycles. The number of anilines is 1. The van der Waals surface area contributed by atoms with E-state index in [1.165, 1.54) is 7.11 Å². The average Bonchev–Trinajstić information content (AvgIpc) is 2.78. The van der Waals surface area contributed by atoms with E-state index in [0.717, 1.165) is 0 Å². The van der Waals surface area contributed by atoms with Crippen LogP contribution in [0.2, 0.25) is 0 Å². The van der Waals surface area contributed by atoms with Crippen LogP contribution < -0.4 is 14.8 Å². The van der Waals surface area contributed by atoms with Gasteiger partial charge >= 0.3 is 0 Å². The zero-order chi connectivity index (χ0) is 14.7. The Morgan fingerprint density at radius 2 is 2.00 bits per heavy atom. The molecular formula is C14H16N2O4. The second-order valence-corrected chi connectivity index (χ2v) is 4.22. The van der Waals surface area contributed by atoms with Crippen LogP contribution in [-0.2, 0) is 0 Å². The van der Waals surface area contributed by atoms with Crippen molar-refractivity contribution in [3.05, 3.63) is 35.2 Å². The second-order valence-electron chi connectivity index (χ2n) is 4.22. The fourth-order valence-corrected chi connectivity index (χ4v) is 1.89. The van der Waals surface area contributed by atoms with Gasteiger partial charge in [-0.15, -0.1) is 0 Å². The average molecular weight is 276 g/mol. The summed E-state index contributed by atoms with van der Waals surface area (Å²) in [4.78, 5) is 12.2. The Morgan fingerprint density at radius 1 is 1.25 bits per heavy atom. The summed E-state index contributed by atoms with van der Waals surface area (Å²) in [6.07, 6.45) is 0. The minimum Gasteiger partial charge on any atom is -0.497 e. The van der Waals surface area contributed by atoms with E-state index in [1.54, 1.807) is 39.2 Å². The van der Waals surface area contributed by atoms with E-state index >= 15 is 0 Å². The molecule has 0 radical (unpaired) electrons. The zero-order valence-electron chi connectivity index (χ0n) is 11.8. The number of nitrogens with zero attached hydrogens (tertiary/aromatic N) is 1. The van der Waals surface area contributed by atoms with Gasteiger partial charge in [0, 0.05) is 6.07 Å². The molecule has 2 aromatic rings. The van der Waals surface area contributed by atoms with Crippen LogP contribution in [0.5, 0.6) is 11.5 Å². The van der Waals surface area contributed by atoms with Gasteiger partial charge in [-0.3, -0.25) is 4.79 Å². The maximum absolute atomic E-state index is 12.2. The summed E-state index contributed by atoms with van der Waals surface area (Å²) in [6.45, 7) is 3.41. The first-order chi connectivity index (χ1) is 9.56. The number of methoxy groups -OCH3 is 2. The van der Waals surface area contributed by atoms with Gasteiger partial charge in [-0.2, -0.15) is 0 Å². The van der Waals surface area contributed by atoms with Crippen molar-refractivity contribution in [3.8, 4) is 11.5 Å². The molecule has 106 valence electrons. The Balaban J connectivity index is 2.28. The first-order valence-corrected chi connectivity index (χ1v) is 6.03. The van der Waals surface area contributed by atoms with Crippen molar-refractivity contribution in [2.75, 3.05) is 19.5 Å². The number of hydrogen-bond acceptors (Lipinski definition) is 5. The number of carbonyl (C=O) groups excluding carboxylic acids is 1. The fourth-order valence-electron chi connectivity index (χ4n) is 1.89. The number of aromatic nitrogens is 1. The van der Waals surface area contributed by atoms with Gasteiger partial charge in [0.15, 0.2) is 0 Å². The van der Waals surface area contributed by atoms with E-state index in [9.17, 15) is 4.79 Å². The van der Waals surface area contributed by atoms with E-state index < -0.39 is 0 Å². The van der Waals surface area contributed by atoms with Crippen LogP contribution in [0.15, 0.2) is 22.7 Å². The van der Waals surface area contributed by atoms with Gasteiger partial charge < -0.3 is 19.3 Å². The van der Waals surface area contributed by atoms with E-state index in [2.05, 4.69) is 10.5 Å². The van der Waals surface area contributed by atoms with E-state index in [1.807, 2.05) is 0 Å². The molecule has 2 rings (SSSR count). The lowest BCUT2D eigenvalue weighted by atomic mass is 10.2. The highest BCUT2D eigenvalue weighted by molar-refractivity contribution is 6.06. The second kappa shape index (κ2) is 5.64. The molecule has 6 heteroatoms. The molecule has 1 aromatic carbocycles. The van der Waals surface area contributed by atoms with Gasteiger partial charge in [-0.05, 0) is 26.0 Å². The van der Waals surface area contributed by atoms with Crippen LogP contribution >= 0.6 is 0 Å². The fraction of sp³-hybridized carbons (Fsp3) is 0.286. The molecule has 1 N–H and O–H groups in total. The quantitative estimate of drug-likeness (QED) is 0.929. The molecule has 0 spiro atoms. The number of nitrogens with one attached hydrogen (secondary N) is 1. The highest BCUT2D eigenvalue weighted by Gasteiger charge is 2.18.